The van der Waals surface area contributed by atoms with Crippen LogP contribution in [0.2, 0.25) is 0 Å². The number of sulfonamides is 1. The third-order valence-electron chi connectivity index (χ3n) is 3.64. The highest BCUT2D eigenvalue weighted by Crippen LogP contribution is 2.24. The lowest BCUT2D eigenvalue weighted by Crippen LogP contribution is -2.41. The summed E-state index contributed by atoms with van der Waals surface area (Å²) >= 11 is 0. The number of hydrogen-bond donors (Lipinski definition) is 0. The van der Waals surface area contributed by atoms with Crippen molar-refractivity contribution >= 4 is 16.0 Å². The minimum Gasteiger partial charge on any atom is -0.462 e. The molecule has 1 saturated heterocycles. The summed E-state index contributed by atoms with van der Waals surface area (Å²) in [6, 6.07) is 0. The third-order valence-corrected chi connectivity index (χ3v) is 5.46. The van der Waals surface area contributed by atoms with Crippen LogP contribution in [0.15, 0.2) is 5.03 Å². The van der Waals surface area contributed by atoms with E-state index in [1.807, 2.05) is 6.92 Å². The van der Waals surface area contributed by atoms with Gasteiger partial charge in [0.25, 0.3) is 10.0 Å². The summed E-state index contributed by atoms with van der Waals surface area (Å²) in [6.45, 7) is 7.22. The van der Waals surface area contributed by atoms with Crippen LogP contribution in [0.5, 0.6) is 0 Å². The quantitative estimate of drug-likeness (QED) is 0.708. The standard InChI is InChI=1S/C14H23N3O5S/c1-4-6-17-11(3)12(14(18)22-5-2)13(15-17)23(19,20)16-7-9-21-10-8-16/h4-10H2,1-3H3. The van der Waals surface area contributed by atoms with Crippen molar-refractivity contribution in [2.45, 2.75) is 38.8 Å². The van der Waals surface area contributed by atoms with Gasteiger partial charge in [0.05, 0.1) is 25.5 Å². The van der Waals surface area contributed by atoms with E-state index in [1.54, 1.807) is 18.5 Å². The molecule has 2 rings (SSSR count). The van der Waals surface area contributed by atoms with E-state index in [2.05, 4.69) is 5.10 Å². The Morgan fingerprint density at radius 2 is 1.96 bits per heavy atom. The Morgan fingerprint density at radius 1 is 1.30 bits per heavy atom. The highest BCUT2D eigenvalue weighted by molar-refractivity contribution is 7.89. The van der Waals surface area contributed by atoms with Gasteiger partial charge in [-0.25, -0.2) is 13.2 Å². The Hall–Kier alpha value is -1.45. The predicted molar refractivity (Wildman–Crippen MR) is 82.8 cm³/mol. The lowest BCUT2D eigenvalue weighted by molar-refractivity contribution is 0.0520. The molecule has 1 aromatic rings. The van der Waals surface area contributed by atoms with Crippen LogP contribution < -0.4 is 0 Å². The van der Waals surface area contributed by atoms with E-state index in [9.17, 15) is 13.2 Å². The first-order chi connectivity index (χ1) is 10.9. The first kappa shape index (κ1) is 17.9. The summed E-state index contributed by atoms with van der Waals surface area (Å²) in [7, 11) is -3.86. The van der Waals surface area contributed by atoms with Crippen molar-refractivity contribution in [2.24, 2.45) is 0 Å². The van der Waals surface area contributed by atoms with Gasteiger partial charge in [-0.05, 0) is 20.3 Å². The van der Waals surface area contributed by atoms with Crippen molar-refractivity contribution in [2.75, 3.05) is 32.9 Å². The average molecular weight is 345 g/mol. The molecule has 0 unspecified atom stereocenters. The van der Waals surface area contributed by atoms with Gasteiger partial charge in [-0.3, -0.25) is 4.68 Å². The van der Waals surface area contributed by atoms with Gasteiger partial charge in [-0.15, -0.1) is 0 Å². The van der Waals surface area contributed by atoms with E-state index in [0.29, 0.717) is 25.5 Å². The molecule has 1 aromatic heterocycles. The van der Waals surface area contributed by atoms with Crippen LogP contribution in [0, 0.1) is 6.92 Å². The number of morpholine rings is 1. The molecule has 1 aliphatic heterocycles. The van der Waals surface area contributed by atoms with Crippen LogP contribution in [-0.4, -0.2) is 61.4 Å². The Morgan fingerprint density at radius 3 is 2.52 bits per heavy atom. The van der Waals surface area contributed by atoms with Crippen LogP contribution >= 0.6 is 0 Å². The fraction of sp³-hybridized carbons (Fsp3) is 0.714. The molecule has 0 aromatic carbocycles. The molecule has 0 amide bonds. The number of hydrogen-bond acceptors (Lipinski definition) is 6. The van der Waals surface area contributed by atoms with Crippen LogP contribution in [0.4, 0.5) is 0 Å². The van der Waals surface area contributed by atoms with E-state index in [1.165, 1.54) is 4.31 Å². The Kier molecular flexibility index (Phi) is 5.77. The topological polar surface area (TPSA) is 90.7 Å². The van der Waals surface area contributed by atoms with E-state index < -0.39 is 16.0 Å². The molecule has 0 N–H and O–H groups in total. The molecule has 0 atom stereocenters. The Balaban J connectivity index is 2.50. The van der Waals surface area contributed by atoms with Gasteiger partial charge < -0.3 is 9.47 Å². The predicted octanol–water partition coefficient (Wildman–Crippen LogP) is 0.799. The highest BCUT2D eigenvalue weighted by atomic mass is 32.2. The number of carbonyl (C=O) groups excluding carboxylic acids is 1. The molecule has 130 valence electrons. The number of aryl methyl sites for hydroxylation is 1. The molecule has 2 heterocycles. The van der Waals surface area contributed by atoms with Crippen molar-refractivity contribution in [3.63, 3.8) is 0 Å². The number of aromatic nitrogens is 2. The molecule has 1 fully saturated rings. The van der Waals surface area contributed by atoms with Crippen LogP contribution in [-0.2, 0) is 26.0 Å². The first-order valence-corrected chi connectivity index (χ1v) is 9.19. The molecular weight excluding hydrogens is 322 g/mol. The summed E-state index contributed by atoms with van der Waals surface area (Å²) < 4.78 is 38.8. The molecule has 0 bridgehead atoms. The van der Waals surface area contributed by atoms with E-state index in [4.69, 9.17) is 9.47 Å². The normalized spacial score (nSPS) is 16.5. The van der Waals surface area contributed by atoms with Crippen LogP contribution in [0.3, 0.4) is 0 Å². The molecule has 0 aliphatic carbocycles. The summed E-state index contributed by atoms with van der Waals surface area (Å²) in [6.07, 6.45) is 0.780. The molecular formula is C14H23N3O5S. The van der Waals surface area contributed by atoms with Crippen molar-refractivity contribution in [3.05, 3.63) is 11.3 Å². The Labute approximate surface area is 136 Å². The number of rotatable bonds is 6. The minimum absolute atomic E-state index is 0.0341. The Bertz CT molecular complexity index is 662. The highest BCUT2D eigenvalue weighted by Gasteiger charge is 2.35. The fourth-order valence-corrected chi connectivity index (χ4v) is 4.04. The van der Waals surface area contributed by atoms with Gasteiger partial charge in [-0.2, -0.15) is 9.40 Å². The second kappa shape index (κ2) is 7.41. The molecule has 0 saturated carbocycles. The lowest BCUT2D eigenvalue weighted by Gasteiger charge is -2.25. The second-order valence-electron chi connectivity index (χ2n) is 5.23. The molecule has 23 heavy (non-hydrogen) atoms. The van der Waals surface area contributed by atoms with Gasteiger partial charge in [0.2, 0.25) is 5.03 Å². The van der Waals surface area contributed by atoms with Gasteiger partial charge in [0, 0.05) is 19.6 Å². The van der Waals surface area contributed by atoms with Crippen molar-refractivity contribution in [1.29, 1.82) is 0 Å². The van der Waals surface area contributed by atoms with E-state index >= 15 is 0 Å². The van der Waals surface area contributed by atoms with E-state index in [0.717, 1.165) is 6.42 Å². The maximum Gasteiger partial charge on any atom is 0.343 e. The first-order valence-electron chi connectivity index (χ1n) is 7.75. The SMILES string of the molecule is CCCn1nc(S(=O)(=O)N2CCOCC2)c(C(=O)OCC)c1C. The van der Waals surface area contributed by atoms with Gasteiger partial charge in [-0.1, -0.05) is 6.92 Å². The number of ether oxygens (including phenoxy) is 2. The summed E-state index contributed by atoms with van der Waals surface area (Å²) in [5.41, 5.74) is 0.545. The summed E-state index contributed by atoms with van der Waals surface area (Å²) in [4.78, 5) is 12.3. The zero-order chi connectivity index (χ0) is 17.0. The van der Waals surface area contributed by atoms with Gasteiger partial charge >= 0.3 is 5.97 Å². The number of carbonyl (C=O) groups is 1. The molecule has 1 aliphatic rings. The van der Waals surface area contributed by atoms with Crippen molar-refractivity contribution in [3.8, 4) is 0 Å². The van der Waals surface area contributed by atoms with Crippen molar-refractivity contribution < 1.29 is 22.7 Å². The monoisotopic (exact) mass is 345 g/mol. The smallest absolute Gasteiger partial charge is 0.343 e. The summed E-state index contributed by atoms with van der Waals surface area (Å²) in [5, 5.41) is 3.98. The number of nitrogens with zero attached hydrogens (tertiary/aromatic N) is 3. The van der Waals surface area contributed by atoms with Gasteiger partial charge in [0.1, 0.15) is 5.56 Å². The molecule has 8 nitrogen and oxygen atoms in total. The molecule has 0 spiro atoms. The molecule has 9 heteroatoms. The minimum atomic E-state index is -3.86. The maximum atomic E-state index is 12.9. The second-order valence-corrected chi connectivity index (χ2v) is 7.08. The van der Waals surface area contributed by atoms with E-state index in [-0.39, 0.29) is 30.3 Å². The zero-order valence-electron chi connectivity index (χ0n) is 13.7. The molecule has 0 radical (unpaired) electrons. The fourth-order valence-electron chi connectivity index (χ4n) is 2.48. The third kappa shape index (κ3) is 3.56. The van der Waals surface area contributed by atoms with Crippen molar-refractivity contribution in [1.82, 2.24) is 14.1 Å². The zero-order valence-corrected chi connectivity index (χ0v) is 14.6. The largest absolute Gasteiger partial charge is 0.462 e. The lowest BCUT2D eigenvalue weighted by atomic mass is 10.2. The maximum absolute atomic E-state index is 12.9. The number of esters is 1. The van der Waals surface area contributed by atoms with Gasteiger partial charge in [0.15, 0.2) is 0 Å². The van der Waals surface area contributed by atoms with Crippen LogP contribution in [0.25, 0.3) is 0 Å². The average Bonchev–Trinajstić information content (AvgIpc) is 2.86. The van der Waals surface area contributed by atoms with Crippen LogP contribution in [0.1, 0.15) is 36.3 Å². The summed E-state index contributed by atoms with van der Waals surface area (Å²) in [5.74, 6) is -0.654.